The molecule has 0 spiro atoms. The molecule has 1 amide bonds. The molecule has 0 radical (unpaired) electrons. The maximum atomic E-state index is 12.6. The average molecular weight is 480 g/mol. The van der Waals surface area contributed by atoms with Gasteiger partial charge in [0.05, 0.1) is 23.8 Å². The molecule has 1 aliphatic heterocycles. The molecule has 0 aliphatic carbocycles. The van der Waals surface area contributed by atoms with Crippen molar-refractivity contribution in [2.24, 2.45) is 0 Å². The molecule has 2 N–H and O–H groups in total. The zero-order valence-corrected chi connectivity index (χ0v) is 20.0. The summed E-state index contributed by atoms with van der Waals surface area (Å²) < 4.78 is 33.1. The van der Waals surface area contributed by atoms with Gasteiger partial charge >= 0.3 is 0 Å². The first-order valence-corrected chi connectivity index (χ1v) is 12.7. The van der Waals surface area contributed by atoms with Crippen LogP contribution in [0, 0.1) is 6.92 Å². The summed E-state index contributed by atoms with van der Waals surface area (Å²) in [6.07, 6.45) is 0. The van der Waals surface area contributed by atoms with Gasteiger partial charge in [-0.25, -0.2) is 8.42 Å². The van der Waals surface area contributed by atoms with Crippen LogP contribution in [0.3, 0.4) is 0 Å². The standard InChI is InChI=1S/C26H29N3O4S/c1-20-17-23(11-12-25(20)28-34(31,32)24-5-3-2-4-6-24)26(30)27-18-21-7-9-22(10-8-21)19-29-13-15-33-16-14-29/h2-12,17,28H,13-16,18-19H2,1H3,(H,27,30). The number of hydrogen-bond donors (Lipinski definition) is 2. The van der Waals surface area contributed by atoms with Crippen LogP contribution < -0.4 is 10.0 Å². The summed E-state index contributed by atoms with van der Waals surface area (Å²) in [6.45, 7) is 6.54. The van der Waals surface area contributed by atoms with E-state index in [1.54, 1.807) is 43.3 Å². The fourth-order valence-electron chi connectivity index (χ4n) is 3.79. The second kappa shape index (κ2) is 10.8. The molecule has 0 saturated carbocycles. The quantitative estimate of drug-likeness (QED) is 0.516. The fraction of sp³-hybridized carbons (Fsp3) is 0.269. The molecule has 0 bridgehead atoms. The molecular weight excluding hydrogens is 450 g/mol. The molecule has 1 fully saturated rings. The number of nitrogens with zero attached hydrogens (tertiary/aromatic N) is 1. The molecule has 178 valence electrons. The van der Waals surface area contributed by atoms with Crippen molar-refractivity contribution < 1.29 is 17.9 Å². The number of sulfonamides is 1. The molecule has 3 aromatic carbocycles. The second-order valence-corrected chi connectivity index (χ2v) is 10.0. The van der Waals surface area contributed by atoms with E-state index in [-0.39, 0.29) is 10.8 Å². The minimum absolute atomic E-state index is 0.187. The summed E-state index contributed by atoms with van der Waals surface area (Å²) in [7, 11) is -3.69. The molecule has 1 saturated heterocycles. The molecule has 0 unspecified atom stereocenters. The normalized spacial score (nSPS) is 14.5. The van der Waals surface area contributed by atoms with Crippen LogP contribution in [0.2, 0.25) is 0 Å². The first-order valence-electron chi connectivity index (χ1n) is 11.3. The smallest absolute Gasteiger partial charge is 0.261 e. The lowest BCUT2D eigenvalue weighted by Gasteiger charge is -2.26. The van der Waals surface area contributed by atoms with Gasteiger partial charge in [0, 0.05) is 31.7 Å². The zero-order chi connectivity index (χ0) is 24.0. The predicted octanol–water partition coefficient (Wildman–Crippen LogP) is 3.56. The van der Waals surface area contributed by atoms with E-state index in [0.717, 1.165) is 38.4 Å². The number of carbonyl (C=O) groups excluding carboxylic acids is 1. The van der Waals surface area contributed by atoms with Crippen LogP contribution in [0.25, 0.3) is 0 Å². The highest BCUT2D eigenvalue weighted by atomic mass is 32.2. The Kier molecular flexibility index (Phi) is 7.62. The number of hydrogen-bond acceptors (Lipinski definition) is 5. The number of benzene rings is 3. The molecule has 8 heteroatoms. The van der Waals surface area contributed by atoms with Crippen LogP contribution in [0.5, 0.6) is 0 Å². The van der Waals surface area contributed by atoms with E-state index in [2.05, 4.69) is 27.1 Å². The van der Waals surface area contributed by atoms with Gasteiger partial charge in [-0.05, 0) is 53.9 Å². The van der Waals surface area contributed by atoms with Crippen LogP contribution >= 0.6 is 0 Å². The van der Waals surface area contributed by atoms with Gasteiger partial charge in [0.1, 0.15) is 0 Å². The Morgan fingerprint density at radius 3 is 2.29 bits per heavy atom. The Hall–Kier alpha value is -3.20. The van der Waals surface area contributed by atoms with Gasteiger partial charge in [-0.3, -0.25) is 14.4 Å². The first-order chi connectivity index (χ1) is 16.4. The summed E-state index contributed by atoms with van der Waals surface area (Å²) in [5.41, 5.74) is 3.84. The molecule has 1 heterocycles. The largest absolute Gasteiger partial charge is 0.379 e. The Balaban J connectivity index is 1.33. The Morgan fingerprint density at radius 1 is 0.941 bits per heavy atom. The van der Waals surface area contributed by atoms with Crippen molar-refractivity contribution in [1.82, 2.24) is 10.2 Å². The molecule has 0 atom stereocenters. The van der Waals surface area contributed by atoms with Crippen molar-refractivity contribution in [1.29, 1.82) is 0 Å². The van der Waals surface area contributed by atoms with Crippen LogP contribution in [0.1, 0.15) is 27.0 Å². The third-order valence-electron chi connectivity index (χ3n) is 5.77. The third-order valence-corrected chi connectivity index (χ3v) is 7.15. The zero-order valence-electron chi connectivity index (χ0n) is 19.2. The van der Waals surface area contributed by atoms with E-state index in [9.17, 15) is 13.2 Å². The summed E-state index contributed by atoms with van der Waals surface area (Å²) in [5, 5.41) is 2.93. The van der Waals surface area contributed by atoms with Crippen molar-refractivity contribution in [3.05, 3.63) is 95.1 Å². The highest BCUT2D eigenvalue weighted by molar-refractivity contribution is 7.92. The lowest BCUT2D eigenvalue weighted by atomic mass is 10.1. The van der Waals surface area contributed by atoms with Crippen LogP contribution in [0.4, 0.5) is 5.69 Å². The highest BCUT2D eigenvalue weighted by Crippen LogP contribution is 2.21. The van der Waals surface area contributed by atoms with Crippen molar-refractivity contribution in [3.63, 3.8) is 0 Å². The van der Waals surface area contributed by atoms with Gasteiger partial charge in [0.25, 0.3) is 15.9 Å². The molecule has 0 aromatic heterocycles. The summed E-state index contributed by atoms with van der Waals surface area (Å²) >= 11 is 0. The Labute approximate surface area is 200 Å². The van der Waals surface area contributed by atoms with Gasteiger partial charge in [-0.15, -0.1) is 0 Å². The van der Waals surface area contributed by atoms with Crippen LogP contribution in [-0.2, 0) is 27.8 Å². The van der Waals surface area contributed by atoms with E-state index in [1.165, 1.54) is 17.7 Å². The molecule has 34 heavy (non-hydrogen) atoms. The number of carbonyl (C=O) groups is 1. The van der Waals surface area contributed by atoms with Crippen molar-refractivity contribution in [3.8, 4) is 0 Å². The summed E-state index contributed by atoms with van der Waals surface area (Å²) in [4.78, 5) is 15.2. The van der Waals surface area contributed by atoms with Gasteiger partial charge in [0.15, 0.2) is 0 Å². The van der Waals surface area contributed by atoms with E-state index >= 15 is 0 Å². The predicted molar refractivity (Wildman–Crippen MR) is 132 cm³/mol. The maximum Gasteiger partial charge on any atom is 0.261 e. The van der Waals surface area contributed by atoms with Gasteiger partial charge in [0.2, 0.25) is 0 Å². The third kappa shape index (κ3) is 6.22. The lowest BCUT2D eigenvalue weighted by molar-refractivity contribution is 0.0342. The number of morpholine rings is 1. The topological polar surface area (TPSA) is 87.7 Å². The maximum absolute atomic E-state index is 12.6. The highest BCUT2D eigenvalue weighted by Gasteiger charge is 2.16. The van der Waals surface area contributed by atoms with Crippen molar-refractivity contribution in [2.75, 3.05) is 31.0 Å². The number of anilines is 1. The van der Waals surface area contributed by atoms with E-state index < -0.39 is 10.0 Å². The van der Waals surface area contributed by atoms with Crippen LogP contribution in [0.15, 0.2) is 77.7 Å². The molecule has 4 rings (SSSR count). The average Bonchev–Trinajstić information content (AvgIpc) is 2.86. The Bertz CT molecular complexity index is 1220. The summed E-state index contributed by atoms with van der Waals surface area (Å²) in [6, 6.07) is 21.3. The number of aryl methyl sites for hydroxylation is 1. The van der Waals surface area contributed by atoms with Crippen molar-refractivity contribution in [2.45, 2.75) is 24.9 Å². The minimum Gasteiger partial charge on any atom is -0.379 e. The van der Waals surface area contributed by atoms with E-state index in [1.807, 2.05) is 12.1 Å². The van der Waals surface area contributed by atoms with Gasteiger partial charge in [-0.1, -0.05) is 42.5 Å². The SMILES string of the molecule is Cc1cc(C(=O)NCc2ccc(CN3CCOCC3)cc2)ccc1NS(=O)(=O)c1ccccc1. The number of amides is 1. The Morgan fingerprint density at radius 2 is 1.62 bits per heavy atom. The first kappa shape index (κ1) is 23.9. The summed E-state index contributed by atoms with van der Waals surface area (Å²) in [5.74, 6) is -0.210. The molecular formula is C26H29N3O4S. The second-order valence-electron chi connectivity index (χ2n) is 8.34. The number of rotatable bonds is 8. The lowest BCUT2D eigenvalue weighted by Crippen LogP contribution is -2.35. The van der Waals surface area contributed by atoms with E-state index in [4.69, 9.17) is 4.74 Å². The number of ether oxygens (including phenoxy) is 1. The monoisotopic (exact) mass is 479 g/mol. The van der Waals surface area contributed by atoms with Gasteiger partial charge in [-0.2, -0.15) is 0 Å². The van der Waals surface area contributed by atoms with Crippen LogP contribution in [-0.4, -0.2) is 45.5 Å². The molecule has 1 aliphatic rings. The minimum atomic E-state index is -3.69. The van der Waals surface area contributed by atoms with Crippen molar-refractivity contribution >= 4 is 21.6 Å². The number of nitrogens with one attached hydrogen (secondary N) is 2. The molecule has 3 aromatic rings. The van der Waals surface area contributed by atoms with E-state index in [0.29, 0.717) is 23.4 Å². The molecule has 7 nitrogen and oxygen atoms in total. The fourth-order valence-corrected chi connectivity index (χ4v) is 4.94. The van der Waals surface area contributed by atoms with Gasteiger partial charge < -0.3 is 10.1 Å².